The average Bonchev–Trinajstić information content (AvgIpc) is 3.14. The van der Waals surface area contributed by atoms with E-state index in [0.717, 1.165) is 48.6 Å². The largest absolute Gasteiger partial charge is 0.494 e. The van der Waals surface area contributed by atoms with Crippen LogP contribution in [0.2, 0.25) is 0 Å². The summed E-state index contributed by atoms with van der Waals surface area (Å²) in [5.41, 5.74) is 13.3. The molecule has 0 bridgehead atoms. The van der Waals surface area contributed by atoms with Crippen LogP contribution in [-0.4, -0.2) is 60.8 Å². The topological polar surface area (TPSA) is 84.5 Å². The molecule has 3 aromatic rings. The highest BCUT2D eigenvalue weighted by molar-refractivity contribution is 5.80. The van der Waals surface area contributed by atoms with Crippen molar-refractivity contribution >= 4 is 29.1 Å². The van der Waals surface area contributed by atoms with Crippen molar-refractivity contribution in [2.45, 2.75) is 12.8 Å². The summed E-state index contributed by atoms with van der Waals surface area (Å²) in [6.45, 7) is 1.78. The summed E-state index contributed by atoms with van der Waals surface area (Å²) in [6.07, 6.45) is 10.4. The van der Waals surface area contributed by atoms with Gasteiger partial charge in [-0.15, -0.1) is 0 Å². The molecule has 0 spiro atoms. The number of ether oxygens (including phenoxy) is 1. The number of allylic oxidation sites excluding steroid dienone is 1. The van der Waals surface area contributed by atoms with E-state index in [0.29, 0.717) is 17.4 Å². The third-order valence-corrected chi connectivity index (χ3v) is 6.00. The molecule has 1 aliphatic rings. The number of nitrogens with zero attached hydrogens (tertiary/aromatic N) is 5. The van der Waals surface area contributed by atoms with Crippen LogP contribution in [0.3, 0.4) is 0 Å². The smallest absolute Gasteiger partial charge is 0.227 e. The summed E-state index contributed by atoms with van der Waals surface area (Å²) in [7, 11) is 9.89. The van der Waals surface area contributed by atoms with Crippen LogP contribution in [-0.2, 0) is 13.5 Å². The van der Waals surface area contributed by atoms with Crippen LogP contribution in [0.15, 0.2) is 36.7 Å². The number of anilines is 4. The van der Waals surface area contributed by atoms with E-state index < -0.39 is 0 Å². The first-order valence-electron chi connectivity index (χ1n) is 11.2. The molecule has 1 aliphatic carbocycles. The zero-order valence-electron chi connectivity index (χ0n) is 20.1. The second-order valence-electron chi connectivity index (χ2n) is 8.68. The van der Waals surface area contributed by atoms with Gasteiger partial charge in [-0.3, -0.25) is 0 Å². The SMILES string of the molecule is COc1cc(N(C)CCN(C)C)c(N)cc1Nc1nccc(-c2cn(C)c3c2C=CCC3)n1. The number of nitrogen functional groups attached to an aromatic ring is 1. The minimum atomic E-state index is 0.497. The number of hydrogen-bond donors (Lipinski definition) is 2. The maximum absolute atomic E-state index is 6.40. The summed E-state index contributed by atoms with van der Waals surface area (Å²) < 4.78 is 7.85. The Labute approximate surface area is 195 Å². The highest BCUT2D eigenvalue weighted by Gasteiger charge is 2.18. The molecule has 0 saturated carbocycles. The molecule has 0 atom stereocenters. The molecule has 2 aromatic heterocycles. The van der Waals surface area contributed by atoms with Gasteiger partial charge in [0.1, 0.15) is 5.75 Å². The van der Waals surface area contributed by atoms with Gasteiger partial charge in [0.25, 0.3) is 0 Å². The lowest BCUT2D eigenvalue weighted by Gasteiger charge is -2.24. The van der Waals surface area contributed by atoms with Crippen molar-refractivity contribution < 1.29 is 4.74 Å². The first-order valence-corrected chi connectivity index (χ1v) is 11.2. The summed E-state index contributed by atoms with van der Waals surface area (Å²) in [5, 5.41) is 3.30. The molecule has 0 amide bonds. The summed E-state index contributed by atoms with van der Waals surface area (Å²) >= 11 is 0. The predicted octanol–water partition coefficient (Wildman–Crippen LogP) is 3.77. The average molecular weight is 448 g/mol. The third-order valence-electron chi connectivity index (χ3n) is 6.00. The molecule has 1 aromatic carbocycles. The van der Waals surface area contributed by atoms with E-state index in [1.54, 1.807) is 13.3 Å². The van der Waals surface area contributed by atoms with Gasteiger partial charge in [0.2, 0.25) is 5.95 Å². The quantitative estimate of drug-likeness (QED) is 0.509. The highest BCUT2D eigenvalue weighted by Crippen LogP contribution is 2.37. The summed E-state index contributed by atoms with van der Waals surface area (Å²) in [4.78, 5) is 13.5. The van der Waals surface area contributed by atoms with Crippen LogP contribution in [0.5, 0.6) is 5.75 Å². The van der Waals surface area contributed by atoms with E-state index in [-0.39, 0.29) is 0 Å². The van der Waals surface area contributed by atoms with Crippen molar-refractivity contribution in [3.05, 3.63) is 47.9 Å². The number of likely N-dealkylation sites (N-methyl/N-ethyl adjacent to an activating group) is 2. The Hall–Kier alpha value is -3.52. The Morgan fingerprint density at radius 2 is 2.03 bits per heavy atom. The molecular formula is C25H33N7O. The molecule has 8 nitrogen and oxygen atoms in total. The first-order chi connectivity index (χ1) is 15.9. The lowest BCUT2D eigenvalue weighted by Crippen LogP contribution is -2.29. The van der Waals surface area contributed by atoms with E-state index in [9.17, 15) is 0 Å². The molecule has 0 aliphatic heterocycles. The molecular weight excluding hydrogens is 414 g/mol. The van der Waals surface area contributed by atoms with Gasteiger partial charge in [0.05, 0.1) is 29.9 Å². The number of hydrogen-bond acceptors (Lipinski definition) is 7. The van der Waals surface area contributed by atoms with Gasteiger partial charge < -0.3 is 30.2 Å². The first kappa shape index (κ1) is 22.7. The Morgan fingerprint density at radius 3 is 2.79 bits per heavy atom. The van der Waals surface area contributed by atoms with Gasteiger partial charge in [-0.1, -0.05) is 12.2 Å². The van der Waals surface area contributed by atoms with Crippen molar-refractivity contribution in [3.8, 4) is 17.0 Å². The molecule has 33 heavy (non-hydrogen) atoms. The van der Waals surface area contributed by atoms with Crippen molar-refractivity contribution in [2.75, 3.05) is 57.3 Å². The molecule has 0 fully saturated rings. The van der Waals surface area contributed by atoms with Gasteiger partial charge in [-0.05, 0) is 39.1 Å². The summed E-state index contributed by atoms with van der Waals surface area (Å²) in [5.74, 6) is 1.18. The maximum Gasteiger partial charge on any atom is 0.227 e. The fourth-order valence-electron chi connectivity index (χ4n) is 4.15. The van der Waals surface area contributed by atoms with Gasteiger partial charge in [0, 0.05) is 62.5 Å². The Morgan fingerprint density at radius 1 is 1.21 bits per heavy atom. The summed E-state index contributed by atoms with van der Waals surface area (Å²) in [6, 6.07) is 5.77. The Bertz CT molecular complexity index is 1170. The number of nitrogens with one attached hydrogen (secondary N) is 1. The lowest BCUT2D eigenvalue weighted by atomic mass is 10.0. The Balaban J connectivity index is 1.61. The fraction of sp³-hybridized carbons (Fsp3) is 0.360. The van der Waals surface area contributed by atoms with E-state index >= 15 is 0 Å². The highest BCUT2D eigenvalue weighted by atomic mass is 16.5. The van der Waals surface area contributed by atoms with Crippen molar-refractivity contribution in [1.82, 2.24) is 19.4 Å². The molecule has 4 rings (SSSR count). The van der Waals surface area contributed by atoms with Crippen LogP contribution in [0.25, 0.3) is 17.3 Å². The molecule has 3 N–H and O–H groups in total. The zero-order chi connectivity index (χ0) is 23.5. The molecule has 2 heterocycles. The lowest BCUT2D eigenvalue weighted by molar-refractivity contribution is 0.413. The second-order valence-corrected chi connectivity index (χ2v) is 8.68. The standard InChI is InChI=1S/C25H33N7O/c1-30(2)12-13-31(3)23-15-24(33-5)21(14-19(23)26)29-25-27-11-10-20(28-25)18-16-32(4)22-9-7-6-8-17(18)22/h6,8,10-11,14-16H,7,9,12-13,26H2,1-5H3,(H,27,28,29). The molecule has 0 unspecified atom stereocenters. The van der Waals surface area contributed by atoms with Gasteiger partial charge in [0.15, 0.2) is 0 Å². The number of rotatable bonds is 8. The van der Waals surface area contributed by atoms with E-state index in [1.165, 1.54) is 11.3 Å². The Kier molecular flexibility index (Phi) is 6.55. The predicted molar refractivity (Wildman–Crippen MR) is 136 cm³/mol. The number of fused-ring (bicyclic) bond motifs is 1. The number of aryl methyl sites for hydroxylation is 1. The van der Waals surface area contributed by atoms with Gasteiger partial charge in [-0.2, -0.15) is 0 Å². The maximum atomic E-state index is 6.40. The minimum absolute atomic E-state index is 0.497. The van der Waals surface area contributed by atoms with E-state index in [2.05, 4.69) is 64.2 Å². The second kappa shape index (κ2) is 9.54. The van der Waals surface area contributed by atoms with Gasteiger partial charge in [-0.25, -0.2) is 9.97 Å². The number of nitrogens with two attached hydrogens (primary N) is 1. The van der Waals surface area contributed by atoms with E-state index in [1.807, 2.05) is 25.2 Å². The zero-order valence-corrected chi connectivity index (χ0v) is 20.1. The van der Waals surface area contributed by atoms with Gasteiger partial charge >= 0.3 is 0 Å². The minimum Gasteiger partial charge on any atom is -0.494 e. The monoisotopic (exact) mass is 447 g/mol. The van der Waals surface area contributed by atoms with Crippen LogP contribution < -0.4 is 20.7 Å². The van der Waals surface area contributed by atoms with Crippen LogP contribution in [0.1, 0.15) is 17.7 Å². The molecule has 174 valence electrons. The molecule has 0 saturated heterocycles. The van der Waals surface area contributed by atoms with Crippen LogP contribution in [0, 0.1) is 0 Å². The van der Waals surface area contributed by atoms with Crippen LogP contribution >= 0.6 is 0 Å². The van der Waals surface area contributed by atoms with E-state index in [4.69, 9.17) is 15.5 Å². The van der Waals surface area contributed by atoms with Crippen molar-refractivity contribution in [1.29, 1.82) is 0 Å². The normalized spacial score (nSPS) is 12.7. The molecule has 0 radical (unpaired) electrons. The van der Waals surface area contributed by atoms with Crippen LogP contribution in [0.4, 0.5) is 23.0 Å². The number of methoxy groups -OCH3 is 1. The fourth-order valence-corrected chi connectivity index (χ4v) is 4.15. The van der Waals surface area contributed by atoms with Crippen molar-refractivity contribution in [2.24, 2.45) is 7.05 Å². The molecule has 8 heteroatoms. The number of benzene rings is 1. The third kappa shape index (κ3) is 4.80. The van der Waals surface area contributed by atoms with Crippen molar-refractivity contribution in [3.63, 3.8) is 0 Å². The number of aromatic nitrogens is 3.